The fraction of sp³-hybridized carbons (Fsp3) is 1.00. The second-order valence-electron chi connectivity index (χ2n) is 8.26. The Bertz CT molecular complexity index is 298. The Labute approximate surface area is 133 Å². The molecule has 1 N–H and O–H groups in total. The van der Waals surface area contributed by atoms with Crippen LogP contribution in [0.4, 0.5) is 0 Å². The Morgan fingerprint density at radius 3 is 2.67 bits per heavy atom. The number of likely N-dealkylation sites (tertiary alicyclic amines) is 1. The molecule has 3 unspecified atom stereocenters. The van der Waals surface area contributed by atoms with Crippen LogP contribution < -0.4 is 5.32 Å². The highest BCUT2D eigenvalue weighted by Crippen LogP contribution is 2.39. The van der Waals surface area contributed by atoms with Crippen molar-refractivity contribution in [2.24, 2.45) is 11.3 Å². The number of nitrogens with zero attached hydrogens (tertiary/aromatic N) is 1. The Kier molecular flexibility index (Phi) is 6.55. The van der Waals surface area contributed by atoms with Gasteiger partial charge in [-0.1, -0.05) is 40.5 Å². The van der Waals surface area contributed by atoms with Crippen molar-refractivity contribution < 1.29 is 0 Å². The van der Waals surface area contributed by atoms with Crippen molar-refractivity contribution in [1.82, 2.24) is 10.2 Å². The maximum atomic E-state index is 3.78. The van der Waals surface area contributed by atoms with Crippen LogP contribution in [0.3, 0.4) is 0 Å². The highest BCUT2D eigenvalue weighted by Gasteiger charge is 2.36. The number of hydrogen-bond acceptors (Lipinski definition) is 2. The van der Waals surface area contributed by atoms with E-state index in [4.69, 9.17) is 0 Å². The first-order valence-electron chi connectivity index (χ1n) is 9.53. The van der Waals surface area contributed by atoms with E-state index in [1.165, 1.54) is 64.5 Å². The van der Waals surface area contributed by atoms with Gasteiger partial charge < -0.3 is 10.2 Å². The fourth-order valence-corrected chi connectivity index (χ4v) is 4.72. The summed E-state index contributed by atoms with van der Waals surface area (Å²) in [5.74, 6) is 0.853. The minimum absolute atomic E-state index is 0.548. The van der Waals surface area contributed by atoms with Crippen LogP contribution in [-0.2, 0) is 0 Å². The molecule has 0 radical (unpaired) electrons. The zero-order valence-electron chi connectivity index (χ0n) is 15.0. The molecule has 3 atom stereocenters. The fourth-order valence-electron chi connectivity index (χ4n) is 4.72. The molecule has 1 aliphatic carbocycles. The lowest BCUT2D eigenvalue weighted by Crippen LogP contribution is -2.50. The first kappa shape index (κ1) is 17.3. The van der Waals surface area contributed by atoms with E-state index in [2.05, 4.69) is 37.9 Å². The first-order valence-corrected chi connectivity index (χ1v) is 9.53. The molecule has 0 aromatic rings. The van der Waals surface area contributed by atoms with Crippen LogP contribution in [0, 0.1) is 11.3 Å². The number of rotatable bonds is 6. The van der Waals surface area contributed by atoms with Crippen LogP contribution in [0.2, 0.25) is 0 Å². The van der Waals surface area contributed by atoms with Gasteiger partial charge in [-0.25, -0.2) is 0 Å². The van der Waals surface area contributed by atoms with Crippen molar-refractivity contribution in [2.45, 2.75) is 91.1 Å². The maximum Gasteiger partial charge on any atom is 0.0108 e. The normalized spacial score (nSPS) is 34.0. The molecule has 2 fully saturated rings. The van der Waals surface area contributed by atoms with E-state index in [1.807, 2.05) is 0 Å². The van der Waals surface area contributed by atoms with Crippen LogP contribution in [-0.4, -0.2) is 36.6 Å². The van der Waals surface area contributed by atoms with Crippen LogP contribution in [0.5, 0.6) is 0 Å². The average Bonchev–Trinajstić information content (AvgIpc) is 2.44. The van der Waals surface area contributed by atoms with Crippen LogP contribution >= 0.6 is 0 Å². The van der Waals surface area contributed by atoms with E-state index in [1.54, 1.807) is 0 Å². The molecule has 2 heteroatoms. The molecule has 1 heterocycles. The van der Waals surface area contributed by atoms with E-state index in [0.29, 0.717) is 5.41 Å². The van der Waals surface area contributed by atoms with Gasteiger partial charge >= 0.3 is 0 Å². The standard InChI is InChI=1S/C19H38N2/c1-5-9-17-10-7-8-13-21(17)15-16-14-19(3,4)12-11-18(16)20-6-2/h16-18,20H,5-15H2,1-4H3. The van der Waals surface area contributed by atoms with E-state index in [9.17, 15) is 0 Å². The van der Waals surface area contributed by atoms with Gasteiger partial charge in [0.2, 0.25) is 0 Å². The molecule has 124 valence electrons. The third kappa shape index (κ3) is 4.96. The Balaban J connectivity index is 1.98. The molecule has 1 saturated heterocycles. The second kappa shape index (κ2) is 7.97. The van der Waals surface area contributed by atoms with Gasteiger partial charge in [-0.15, -0.1) is 0 Å². The molecule has 0 aromatic carbocycles. The summed E-state index contributed by atoms with van der Waals surface area (Å²) in [5, 5.41) is 3.78. The minimum atomic E-state index is 0.548. The molecule has 2 rings (SSSR count). The van der Waals surface area contributed by atoms with Gasteiger partial charge in [-0.3, -0.25) is 0 Å². The lowest BCUT2D eigenvalue weighted by molar-refractivity contribution is 0.0626. The van der Waals surface area contributed by atoms with Crippen LogP contribution in [0.15, 0.2) is 0 Å². The van der Waals surface area contributed by atoms with E-state index in [0.717, 1.165) is 24.5 Å². The SMILES string of the molecule is CCCC1CCCCN1CC1CC(C)(C)CCC1NCC. The quantitative estimate of drug-likeness (QED) is 0.779. The summed E-state index contributed by atoms with van der Waals surface area (Å²) in [5.41, 5.74) is 0.548. The van der Waals surface area contributed by atoms with Gasteiger partial charge in [0.15, 0.2) is 0 Å². The molecule has 0 spiro atoms. The number of hydrogen-bond donors (Lipinski definition) is 1. The summed E-state index contributed by atoms with van der Waals surface area (Å²) in [4.78, 5) is 2.85. The zero-order chi connectivity index (χ0) is 15.3. The van der Waals surface area contributed by atoms with Crippen LogP contribution in [0.1, 0.15) is 79.1 Å². The summed E-state index contributed by atoms with van der Waals surface area (Å²) < 4.78 is 0. The highest BCUT2D eigenvalue weighted by atomic mass is 15.2. The predicted molar refractivity (Wildman–Crippen MR) is 92.7 cm³/mol. The lowest BCUT2D eigenvalue weighted by Gasteiger charge is -2.45. The topological polar surface area (TPSA) is 15.3 Å². The Morgan fingerprint density at radius 2 is 1.95 bits per heavy atom. The molecule has 2 nitrogen and oxygen atoms in total. The van der Waals surface area contributed by atoms with Gasteiger partial charge in [0, 0.05) is 18.6 Å². The summed E-state index contributed by atoms with van der Waals surface area (Å²) >= 11 is 0. The van der Waals surface area contributed by atoms with Gasteiger partial charge in [0.25, 0.3) is 0 Å². The smallest absolute Gasteiger partial charge is 0.0108 e. The summed E-state index contributed by atoms with van der Waals surface area (Å²) in [7, 11) is 0. The van der Waals surface area contributed by atoms with E-state index < -0.39 is 0 Å². The molecule has 2 aliphatic rings. The van der Waals surface area contributed by atoms with Crippen molar-refractivity contribution in [2.75, 3.05) is 19.6 Å². The van der Waals surface area contributed by atoms with Crippen molar-refractivity contribution >= 4 is 0 Å². The molecular weight excluding hydrogens is 256 g/mol. The van der Waals surface area contributed by atoms with Gasteiger partial charge in [-0.2, -0.15) is 0 Å². The Hall–Kier alpha value is -0.0800. The molecule has 21 heavy (non-hydrogen) atoms. The minimum Gasteiger partial charge on any atom is -0.314 e. The molecule has 0 amide bonds. The van der Waals surface area contributed by atoms with E-state index >= 15 is 0 Å². The van der Waals surface area contributed by atoms with Crippen molar-refractivity contribution in [3.63, 3.8) is 0 Å². The average molecular weight is 295 g/mol. The zero-order valence-corrected chi connectivity index (χ0v) is 15.0. The molecule has 0 bridgehead atoms. The van der Waals surface area contributed by atoms with E-state index in [-0.39, 0.29) is 0 Å². The monoisotopic (exact) mass is 294 g/mol. The largest absolute Gasteiger partial charge is 0.314 e. The molecular formula is C19H38N2. The predicted octanol–water partition coefficient (Wildman–Crippen LogP) is 4.45. The summed E-state index contributed by atoms with van der Waals surface area (Å²) in [6.45, 7) is 13.4. The summed E-state index contributed by atoms with van der Waals surface area (Å²) in [6.07, 6.45) is 11.2. The maximum absolute atomic E-state index is 3.78. The highest BCUT2D eigenvalue weighted by molar-refractivity contribution is 4.91. The van der Waals surface area contributed by atoms with Gasteiger partial charge in [0.1, 0.15) is 0 Å². The summed E-state index contributed by atoms with van der Waals surface area (Å²) in [6, 6.07) is 1.63. The molecule has 1 saturated carbocycles. The van der Waals surface area contributed by atoms with Crippen molar-refractivity contribution in [3.8, 4) is 0 Å². The number of nitrogens with one attached hydrogen (secondary N) is 1. The van der Waals surface area contributed by atoms with Crippen LogP contribution in [0.25, 0.3) is 0 Å². The van der Waals surface area contributed by atoms with Crippen molar-refractivity contribution in [1.29, 1.82) is 0 Å². The Morgan fingerprint density at radius 1 is 1.14 bits per heavy atom. The van der Waals surface area contributed by atoms with Crippen molar-refractivity contribution in [3.05, 3.63) is 0 Å². The lowest BCUT2D eigenvalue weighted by atomic mass is 9.69. The molecule has 1 aliphatic heterocycles. The third-order valence-electron chi connectivity index (χ3n) is 5.82. The second-order valence-corrected chi connectivity index (χ2v) is 8.26. The molecule has 0 aromatic heterocycles. The van der Waals surface area contributed by atoms with Gasteiger partial charge in [0.05, 0.1) is 0 Å². The first-order chi connectivity index (χ1) is 10.1. The van der Waals surface area contributed by atoms with Gasteiger partial charge in [-0.05, 0) is 62.9 Å². The third-order valence-corrected chi connectivity index (χ3v) is 5.82. The number of piperidine rings is 1.